The van der Waals surface area contributed by atoms with Crippen LogP contribution in [0.4, 0.5) is 0 Å². The van der Waals surface area contributed by atoms with Gasteiger partial charge in [0.05, 0.1) is 6.04 Å². The Balaban J connectivity index is 3.05. The lowest BCUT2D eigenvalue weighted by atomic mass is 10.0. The SMILES string of the molecule is C=Cc1ccccc1C(=O)C(C)NCl. The van der Waals surface area contributed by atoms with Crippen molar-refractivity contribution in [3.8, 4) is 0 Å². The Morgan fingerprint density at radius 3 is 2.79 bits per heavy atom. The van der Waals surface area contributed by atoms with Crippen LogP contribution in [0.2, 0.25) is 0 Å². The first-order valence-electron chi connectivity index (χ1n) is 4.32. The molecule has 0 aromatic heterocycles. The van der Waals surface area contributed by atoms with Crippen LogP contribution in [-0.4, -0.2) is 11.8 Å². The number of ketones is 1. The fourth-order valence-electron chi connectivity index (χ4n) is 1.18. The smallest absolute Gasteiger partial charge is 0.181 e. The number of halogens is 1. The molecule has 1 aromatic carbocycles. The van der Waals surface area contributed by atoms with Gasteiger partial charge in [-0.05, 0) is 24.3 Å². The molecule has 0 bridgehead atoms. The molecule has 14 heavy (non-hydrogen) atoms. The summed E-state index contributed by atoms with van der Waals surface area (Å²) >= 11 is 5.40. The summed E-state index contributed by atoms with van der Waals surface area (Å²) in [7, 11) is 0. The summed E-state index contributed by atoms with van der Waals surface area (Å²) < 4.78 is 0. The number of hydrogen-bond acceptors (Lipinski definition) is 2. The van der Waals surface area contributed by atoms with Gasteiger partial charge in [-0.1, -0.05) is 36.9 Å². The molecule has 1 N–H and O–H groups in total. The van der Waals surface area contributed by atoms with Crippen molar-refractivity contribution in [1.82, 2.24) is 4.84 Å². The zero-order chi connectivity index (χ0) is 10.6. The molecule has 0 radical (unpaired) electrons. The molecule has 0 aliphatic carbocycles. The highest BCUT2D eigenvalue weighted by atomic mass is 35.5. The Morgan fingerprint density at radius 1 is 1.57 bits per heavy atom. The fourth-order valence-corrected chi connectivity index (χ4v) is 1.28. The molecule has 74 valence electrons. The first-order chi connectivity index (χ1) is 6.70. The summed E-state index contributed by atoms with van der Waals surface area (Å²) in [6.07, 6.45) is 1.66. The highest BCUT2D eigenvalue weighted by Crippen LogP contribution is 2.12. The Hall–Kier alpha value is -1.12. The van der Waals surface area contributed by atoms with Crippen molar-refractivity contribution in [1.29, 1.82) is 0 Å². The van der Waals surface area contributed by atoms with Crippen LogP contribution in [0.15, 0.2) is 30.8 Å². The number of carbonyl (C=O) groups excluding carboxylic acids is 1. The van der Waals surface area contributed by atoms with Crippen molar-refractivity contribution in [3.63, 3.8) is 0 Å². The summed E-state index contributed by atoms with van der Waals surface area (Å²) in [6.45, 7) is 5.37. The Kier molecular flexibility index (Phi) is 3.86. The second-order valence-electron chi connectivity index (χ2n) is 2.99. The van der Waals surface area contributed by atoms with Crippen LogP contribution in [0.5, 0.6) is 0 Å². The molecule has 0 saturated heterocycles. The van der Waals surface area contributed by atoms with E-state index in [-0.39, 0.29) is 5.78 Å². The van der Waals surface area contributed by atoms with Crippen molar-refractivity contribution >= 4 is 23.6 Å². The molecule has 0 spiro atoms. The van der Waals surface area contributed by atoms with E-state index in [4.69, 9.17) is 11.8 Å². The van der Waals surface area contributed by atoms with Crippen LogP contribution < -0.4 is 4.84 Å². The monoisotopic (exact) mass is 209 g/mol. The lowest BCUT2D eigenvalue weighted by Gasteiger charge is -2.09. The van der Waals surface area contributed by atoms with Gasteiger partial charge in [0.15, 0.2) is 5.78 Å². The Labute approximate surface area is 88.7 Å². The minimum absolute atomic E-state index is 0.0319. The average Bonchev–Trinajstić information content (AvgIpc) is 2.26. The largest absolute Gasteiger partial charge is 0.292 e. The van der Waals surface area contributed by atoms with E-state index in [2.05, 4.69) is 11.4 Å². The van der Waals surface area contributed by atoms with Gasteiger partial charge in [0.2, 0.25) is 0 Å². The molecule has 0 amide bonds. The van der Waals surface area contributed by atoms with Crippen LogP contribution in [0.3, 0.4) is 0 Å². The first kappa shape index (κ1) is 11.0. The normalized spacial score (nSPS) is 12.1. The van der Waals surface area contributed by atoms with E-state index in [0.29, 0.717) is 5.56 Å². The zero-order valence-corrected chi connectivity index (χ0v) is 8.71. The Bertz CT molecular complexity index is 349. The van der Waals surface area contributed by atoms with Crippen molar-refractivity contribution < 1.29 is 4.79 Å². The molecule has 1 aromatic rings. The second kappa shape index (κ2) is 4.94. The van der Waals surface area contributed by atoms with Gasteiger partial charge in [-0.2, -0.15) is 0 Å². The van der Waals surface area contributed by atoms with Crippen molar-refractivity contribution in [2.24, 2.45) is 0 Å². The molecule has 2 nitrogen and oxygen atoms in total. The van der Waals surface area contributed by atoms with E-state index in [1.807, 2.05) is 18.2 Å². The minimum atomic E-state index is -0.391. The molecule has 0 fully saturated rings. The van der Waals surface area contributed by atoms with Gasteiger partial charge in [-0.15, -0.1) is 0 Å². The van der Waals surface area contributed by atoms with Gasteiger partial charge in [-0.25, -0.2) is 4.84 Å². The maximum Gasteiger partial charge on any atom is 0.181 e. The zero-order valence-electron chi connectivity index (χ0n) is 7.96. The van der Waals surface area contributed by atoms with Gasteiger partial charge in [0.25, 0.3) is 0 Å². The minimum Gasteiger partial charge on any atom is -0.292 e. The quantitative estimate of drug-likeness (QED) is 0.610. The topological polar surface area (TPSA) is 29.1 Å². The second-order valence-corrected chi connectivity index (χ2v) is 3.20. The third-order valence-electron chi connectivity index (χ3n) is 2.00. The number of carbonyl (C=O) groups is 1. The molecule has 0 aliphatic heterocycles. The standard InChI is InChI=1S/C11H12ClNO/c1-3-9-6-4-5-7-10(9)11(14)8(2)13-12/h3-8,13H,1H2,2H3. The van der Waals surface area contributed by atoms with Crippen molar-refractivity contribution in [2.75, 3.05) is 0 Å². The van der Waals surface area contributed by atoms with E-state index >= 15 is 0 Å². The van der Waals surface area contributed by atoms with Crippen LogP contribution in [0.25, 0.3) is 6.08 Å². The molecular weight excluding hydrogens is 198 g/mol. The highest BCUT2D eigenvalue weighted by Gasteiger charge is 2.15. The van der Waals surface area contributed by atoms with Gasteiger partial charge in [-0.3, -0.25) is 4.79 Å². The lowest BCUT2D eigenvalue weighted by molar-refractivity contribution is 0.0961. The van der Waals surface area contributed by atoms with Crippen LogP contribution in [0.1, 0.15) is 22.8 Å². The van der Waals surface area contributed by atoms with Gasteiger partial charge in [0, 0.05) is 5.56 Å². The van der Waals surface area contributed by atoms with E-state index in [1.54, 1.807) is 19.1 Å². The summed E-state index contributed by atoms with van der Waals surface area (Å²) in [5.41, 5.74) is 1.47. The Morgan fingerprint density at radius 2 is 2.21 bits per heavy atom. The maximum atomic E-state index is 11.8. The molecule has 1 atom stereocenters. The van der Waals surface area contributed by atoms with Gasteiger partial charge in [0.1, 0.15) is 0 Å². The van der Waals surface area contributed by atoms with Crippen LogP contribution in [0, 0.1) is 0 Å². The fraction of sp³-hybridized carbons (Fsp3) is 0.182. The first-order valence-corrected chi connectivity index (χ1v) is 4.70. The summed E-state index contributed by atoms with van der Waals surface area (Å²) in [5, 5.41) is 0. The predicted octanol–water partition coefficient (Wildman–Crippen LogP) is 2.64. The predicted molar refractivity (Wildman–Crippen MR) is 59.3 cm³/mol. The lowest BCUT2D eigenvalue weighted by Crippen LogP contribution is -2.27. The summed E-state index contributed by atoms with van der Waals surface area (Å²) in [5.74, 6) is -0.0319. The van der Waals surface area contributed by atoms with Crippen molar-refractivity contribution in [3.05, 3.63) is 42.0 Å². The van der Waals surface area contributed by atoms with E-state index in [9.17, 15) is 4.79 Å². The average molecular weight is 210 g/mol. The third kappa shape index (κ3) is 2.22. The highest BCUT2D eigenvalue weighted by molar-refractivity contribution is 6.16. The summed E-state index contributed by atoms with van der Waals surface area (Å²) in [6, 6.07) is 6.91. The molecule has 0 heterocycles. The number of rotatable bonds is 4. The van der Waals surface area contributed by atoms with Crippen LogP contribution in [-0.2, 0) is 0 Å². The molecule has 3 heteroatoms. The van der Waals surface area contributed by atoms with Crippen LogP contribution >= 0.6 is 11.8 Å². The molecular formula is C11H12ClNO. The van der Waals surface area contributed by atoms with E-state index in [1.165, 1.54) is 0 Å². The third-order valence-corrected chi connectivity index (χ3v) is 2.33. The number of benzene rings is 1. The molecule has 1 rings (SSSR count). The van der Waals surface area contributed by atoms with E-state index in [0.717, 1.165) is 5.56 Å². The maximum absolute atomic E-state index is 11.8. The van der Waals surface area contributed by atoms with E-state index < -0.39 is 6.04 Å². The number of nitrogens with one attached hydrogen (secondary N) is 1. The van der Waals surface area contributed by atoms with Crippen molar-refractivity contribution in [2.45, 2.75) is 13.0 Å². The molecule has 0 aliphatic rings. The molecule has 1 unspecified atom stereocenters. The van der Waals surface area contributed by atoms with Gasteiger partial charge < -0.3 is 0 Å². The molecule has 0 saturated carbocycles. The summed E-state index contributed by atoms with van der Waals surface area (Å²) in [4.78, 5) is 14.2. The number of Topliss-reactive ketones (excluding diaryl/α,β-unsaturated/α-hetero) is 1. The van der Waals surface area contributed by atoms with Gasteiger partial charge >= 0.3 is 0 Å². The number of hydrogen-bond donors (Lipinski definition) is 1.